The zero-order chi connectivity index (χ0) is 24.5. The fourth-order valence-corrected chi connectivity index (χ4v) is 4.91. The Hall–Kier alpha value is -2.60. The lowest BCUT2D eigenvalue weighted by Crippen LogP contribution is -2.43. The van der Waals surface area contributed by atoms with Crippen molar-refractivity contribution in [3.63, 3.8) is 0 Å². The third-order valence-corrected chi connectivity index (χ3v) is 6.97. The highest BCUT2D eigenvalue weighted by atomic mass is 32.2. The average Bonchev–Trinajstić information content (AvgIpc) is 3.50. The summed E-state index contributed by atoms with van der Waals surface area (Å²) in [6.07, 6.45) is 8.70. The number of H-pyrrole nitrogens is 2. The summed E-state index contributed by atoms with van der Waals surface area (Å²) in [6.45, 7) is 2.67. The average molecular weight is 494 g/mol. The number of nitrogens with two attached hydrogens (primary N) is 1. The van der Waals surface area contributed by atoms with Crippen LogP contribution in [0.1, 0.15) is 57.7 Å². The molecule has 0 atom stereocenters. The van der Waals surface area contributed by atoms with Crippen LogP contribution < -0.4 is 21.9 Å². The van der Waals surface area contributed by atoms with Crippen molar-refractivity contribution in [2.24, 2.45) is 5.92 Å². The summed E-state index contributed by atoms with van der Waals surface area (Å²) in [6, 6.07) is 0. The quantitative estimate of drug-likeness (QED) is 0.358. The van der Waals surface area contributed by atoms with Gasteiger partial charge in [-0.2, -0.15) is 0 Å². The van der Waals surface area contributed by atoms with Gasteiger partial charge in [-0.3, -0.25) is 24.2 Å². The zero-order valence-electron chi connectivity index (χ0n) is 20.0. The van der Waals surface area contributed by atoms with Gasteiger partial charge in [0.15, 0.2) is 5.69 Å². The minimum Gasteiger partial charge on any atom is -0.383 e. The van der Waals surface area contributed by atoms with Gasteiger partial charge in [0.2, 0.25) is 11.1 Å². The lowest BCUT2D eigenvalue weighted by Gasteiger charge is -2.24. The Labute approximate surface area is 202 Å². The number of carbonyl (C=O) groups is 1. The molecule has 0 spiro atoms. The third-order valence-electron chi connectivity index (χ3n) is 6.14. The first-order valence-corrected chi connectivity index (χ1v) is 12.9. The molecule has 11 nitrogen and oxygen atoms in total. The summed E-state index contributed by atoms with van der Waals surface area (Å²) in [7, 11) is 1.51. The molecule has 0 aliphatic heterocycles. The Balaban J connectivity index is 1.70. The number of anilines is 2. The third kappa shape index (κ3) is 6.72. The molecule has 0 saturated heterocycles. The number of ether oxygens (including phenoxy) is 1. The smallest absolute Gasteiger partial charge is 0.330 e. The number of amides is 1. The number of unbranched alkanes of at least 4 members (excludes halogenated alkanes) is 1. The minimum absolute atomic E-state index is 0.0105. The van der Waals surface area contributed by atoms with Crippen LogP contribution >= 0.6 is 11.8 Å². The molecule has 12 heteroatoms. The number of aromatic amines is 2. The van der Waals surface area contributed by atoms with Gasteiger partial charge in [0.25, 0.3) is 5.56 Å². The number of thioether (sulfide) groups is 1. The first-order valence-electron chi connectivity index (χ1n) is 11.9. The fraction of sp³-hybridized carbons (Fsp3) is 0.682. The molecule has 0 bridgehead atoms. The Morgan fingerprint density at radius 2 is 2.09 bits per heavy atom. The van der Waals surface area contributed by atoms with E-state index in [0.29, 0.717) is 18.1 Å². The summed E-state index contributed by atoms with van der Waals surface area (Å²) in [4.78, 5) is 46.1. The summed E-state index contributed by atoms with van der Waals surface area (Å²) in [5.74, 6) is 1.22. The summed E-state index contributed by atoms with van der Waals surface area (Å²) in [5, 5.41) is 7.66. The highest BCUT2D eigenvalue weighted by Crippen LogP contribution is 2.28. The number of nitrogens with zero attached hydrogens (tertiary/aromatic N) is 4. The molecule has 1 fully saturated rings. The van der Waals surface area contributed by atoms with Crippen LogP contribution in [0.4, 0.5) is 11.5 Å². The number of hydrogen-bond donors (Lipinski definition) is 3. The number of aryl methyl sites for hydroxylation is 1. The van der Waals surface area contributed by atoms with Gasteiger partial charge in [-0.05, 0) is 18.8 Å². The van der Waals surface area contributed by atoms with E-state index in [4.69, 9.17) is 10.5 Å². The zero-order valence-corrected chi connectivity index (χ0v) is 20.8. The van der Waals surface area contributed by atoms with Crippen molar-refractivity contribution in [3.05, 3.63) is 26.7 Å². The van der Waals surface area contributed by atoms with Crippen LogP contribution in [-0.2, 0) is 22.5 Å². The molecule has 2 aromatic rings. The second-order valence-corrected chi connectivity index (χ2v) is 9.52. The number of aromatic nitrogens is 5. The number of rotatable bonds is 13. The molecule has 1 aliphatic rings. The van der Waals surface area contributed by atoms with Crippen molar-refractivity contribution in [1.82, 2.24) is 24.7 Å². The Morgan fingerprint density at radius 3 is 2.79 bits per heavy atom. The standard InChI is InChI=1S/C22H35N7O4S/c1-3-4-11-29-19(23)18(20(31)25-22(29)32)28(12-13-33-2)17(30)14-34-21-24-16(26-27-21)10-9-15-7-5-6-8-15/h15H,3-14,23H2,1-2H3,(H,24,26,27)(H,25,31,32). The second kappa shape index (κ2) is 12.7. The van der Waals surface area contributed by atoms with Crippen LogP contribution in [0.5, 0.6) is 0 Å². The lowest BCUT2D eigenvalue weighted by molar-refractivity contribution is -0.116. The molecule has 2 heterocycles. The molecular weight excluding hydrogens is 458 g/mol. The Morgan fingerprint density at radius 1 is 1.32 bits per heavy atom. The Kier molecular flexibility index (Phi) is 9.75. The van der Waals surface area contributed by atoms with Crippen molar-refractivity contribution < 1.29 is 9.53 Å². The van der Waals surface area contributed by atoms with Crippen LogP contribution in [-0.4, -0.2) is 56.7 Å². The van der Waals surface area contributed by atoms with E-state index in [0.717, 1.165) is 31.0 Å². The predicted molar refractivity (Wildman–Crippen MR) is 132 cm³/mol. The highest BCUT2D eigenvalue weighted by Gasteiger charge is 2.24. The van der Waals surface area contributed by atoms with Gasteiger partial charge in [-0.15, -0.1) is 5.10 Å². The molecule has 0 unspecified atom stereocenters. The number of carbonyl (C=O) groups excluding carboxylic acids is 1. The van der Waals surface area contributed by atoms with Crippen LogP contribution in [0.2, 0.25) is 0 Å². The molecule has 0 aromatic carbocycles. The van der Waals surface area contributed by atoms with Gasteiger partial charge < -0.3 is 15.4 Å². The van der Waals surface area contributed by atoms with Crippen LogP contribution in [0.25, 0.3) is 0 Å². The first kappa shape index (κ1) is 26.0. The molecule has 4 N–H and O–H groups in total. The monoisotopic (exact) mass is 493 g/mol. The molecule has 3 rings (SSSR count). The minimum atomic E-state index is -0.697. The number of methoxy groups -OCH3 is 1. The van der Waals surface area contributed by atoms with Gasteiger partial charge in [0, 0.05) is 26.6 Å². The molecule has 1 saturated carbocycles. The predicted octanol–water partition coefficient (Wildman–Crippen LogP) is 1.93. The summed E-state index contributed by atoms with van der Waals surface area (Å²) >= 11 is 1.19. The van der Waals surface area contributed by atoms with E-state index in [9.17, 15) is 14.4 Å². The topological polar surface area (TPSA) is 152 Å². The lowest BCUT2D eigenvalue weighted by atomic mass is 10.0. The maximum atomic E-state index is 13.1. The summed E-state index contributed by atoms with van der Waals surface area (Å²) in [5.41, 5.74) is 4.89. The van der Waals surface area contributed by atoms with Gasteiger partial charge >= 0.3 is 5.69 Å². The van der Waals surface area contributed by atoms with E-state index in [-0.39, 0.29) is 36.3 Å². The van der Waals surface area contributed by atoms with Crippen molar-refractivity contribution in [2.45, 2.75) is 70.0 Å². The molecular formula is C22H35N7O4S. The van der Waals surface area contributed by atoms with Crippen molar-refractivity contribution in [1.29, 1.82) is 0 Å². The van der Waals surface area contributed by atoms with E-state index in [1.165, 1.54) is 54.0 Å². The number of nitrogen functional groups attached to an aromatic ring is 1. The second-order valence-electron chi connectivity index (χ2n) is 8.58. The Bertz CT molecular complexity index is 1060. The van der Waals surface area contributed by atoms with Crippen molar-refractivity contribution in [2.75, 3.05) is 36.6 Å². The molecule has 0 radical (unpaired) electrons. The van der Waals surface area contributed by atoms with Gasteiger partial charge in [-0.1, -0.05) is 50.8 Å². The molecule has 1 amide bonds. The normalized spacial score (nSPS) is 14.1. The van der Waals surface area contributed by atoms with E-state index in [1.54, 1.807) is 0 Å². The molecule has 188 valence electrons. The van der Waals surface area contributed by atoms with E-state index in [2.05, 4.69) is 20.2 Å². The van der Waals surface area contributed by atoms with Crippen molar-refractivity contribution >= 4 is 29.2 Å². The maximum Gasteiger partial charge on any atom is 0.330 e. The number of hydrogen-bond acceptors (Lipinski definition) is 8. The van der Waals surface area contributed by atoms with Crippen LogP contribution in [0.15, 0.2) is 14.7 Å². The molecule has 2 aromatic heterocycles. The largest absolute Gasteiger partial charge is 0.383 e. The van der Waals surface area contributed by atoms with E-state index in [1.807, 2.05) is 6.92 Å². The van der Waals surface area contributed by atoms with Crippen LogP contribution in [0, 0.1) is 5.92 Å². The fourth-order valence-electron chi connectivity index (χ4n) is 4.22. The summed E-state index contributed by atoms with van der Waals surface area (Å²) < 4.78 is 6.42. The van der Waals surface area contributed by atoms with Gasteiger partial charge in [-0.25, -0.2) is 9.78 Å². The number of nitrogens with one attached hydrogen (secondary N) is 2. The maximum absolute atomic E-state index is 13.1. The van der Waals surface area contributed by atoms with E-state index < -0.39 is 11.2 Å². The highest BCUT2D eigenvalue weighted by molar-refractivity contribution is 7.99. The van der Waals surface area contributed by atoms with Crippen molar-refractivity contribution in [3.8, 4) is 0 Å². The SMILES string of the molecule is CCCCn1c(N)c(N(CCOC)C(=O)CSc2n[nH]c(CCC3CCCC3)n2)c(=O)[nH]c1=O. The first-order chi connectivity index (χ1) is 16.4. The van der Waals surface area contributed by atoms with Gasteiger partial charge in [0.05, 0.1) is 12.4 Å². The van der Waals surface area contributed by atoms with Crippen LogP contribution in [0.3, 0.4) is 0 Å². The molecule has 1 aliphatic carbocycles. The molecule has 34 heavy (non-hydrogen) atoms. The van der Waals surface area contributed by atoms with E-state index >= 15 is 0 Å². The van der Waals surface area contributed by atoms with Gasteiger partial charge in [0.1, 0.15) is 11.6 Å².